The number of rotatable bonds is 3. The summed E-state index contributed by atoms with van der Waals surface area (Å²) in [5.41, 5.74) is 0. The molecule has 1 aliphatic rings. The van der Waals surface area contributed by atoms with Crippen LogP contribution in [0.1, 0.15) is 0 Å². The number of epoxide rings is 1. The van der Waals surface area contributed by atoms with Crippen molar-refractivity contribution in [3.05, 3.63) is 0 Å². The van der Waals surface area contributed by atoms with E-state index in [2.05, 4.69) is 6.55 Å². The predicted molar refractivity (Wildman–Crippen MR) is 30.1 cm³/mol. The minimum Gasteiger partial charge on any atom is -0.422 e. The lowest BCUT2D eigenvalue weighted by atomic mass is 10.5. The third kappa shape index (κ3) is 2.06. The molecule has 1 saturated heterocycles. The van der Waals surface area contributed by atoms with Crippen LogP contribution in [0.15, 0.2) is 0 Å². The molecular formula is C4H10O2Si. The lowest BCUT2D eigenvalue weighted by Crippen LogP contribution is -2.01. The fourth-order valence-electron chi connectivity index (χ4n) is 0.414. The normalized spacial score (nSPS) is 29.6. The third-order valence-electron chi connectivity index (χ3n) is 0.910. The van der Waals surface area contributed by atoms with E-state index in [4.69, 9.17) is 9.16 Å². The Kier molecular flexibility index (Phi) is 1.84. The first-order valence-electron chi connectivity index (χ1n) is 2.63. The fraction of sp³-hybridized carbons (Fsp3) is 1.00. The summed E-state index contributed by atoms with van der Waals surface area (Å²) in [6.07, 6.45) is 0.465. The second kappa shape index (κ2) is 2.45. The lowest BCUT2D eigenvalue weighted by Gasteiger charge is -1.91. The number of hydrogen-bond acceptors (Lipinski definition) is 2. The van der Waals surface area contributed by atoms with Crippen LogP contribution in [0, 0.1) is 0 Å². The fourth-order valence-corrected chi connectivity index (χ4v) is 0.912. The standard InChI is InChI=1S/C4H10O2Si/c1-7-6-3-4-2-5-4/h4H,2-3,7H2,1H3. The van der Waals surface area contributed by atoms with Crippen LogP contribution in [0.5, 0.6) is 0 Å². The third-order valence-corrected chi connectivity index (χ3v) is 1.55. The molecule has 42 valence electrons. The largest absolute Gasteiger partial charge is 0.422 e. The summed E-state index contributed by atoms with van der Waals surface area (Å²) in [5.74, 6) is 0. The first kappa shape index (κ1) is 5.28. The van der Waals surface area contributed by atoms with Crippen LogP contribution in [-0.2, 0) is 9.16 Å². The Hall–Kier alpha value is 0.137. The van der Waals surface area contributed by atoms with Gasteiger partial charge in [-0.25, -0.2) is 0 Å². The first-order valence-corrected chi connectivity index (χ1v) is 4.62. The van der Waals surface area contributed by atoms with Crippen molar-refractivity contribution in [2.45, 2.75) is 12.7 Å². The van der Waals surface area contributed by atoms with Crippen LogP contribution < -0.4 is 0 Å². The molecule has 0 bridgehead atoms. The smallest absolute Gasteiger partial charge is 0.158 e. The molecule has 0 N–H and O–H groups in total. The summed E-state index contributed by atoms with van der Waals surface area (Å²) in [6.45, 7) is 3.90. The number of ether oxygens (including phenoxy) is 1. The van der Waals surface area contributed by atoms with Crippen LogP contribution in [0.2, 0.25) is 6.55 Å². The van der Waals surface area contributed by atoms with Crippen molar-refractivity contribution < 1.29 is 9.16 Å². The van der Waals surface area contributed by atoms with Gasteiger partial charge in [-0.2, -0.15) is 0 Å². The van der Waals surface area contributed by atoms with Crippen LogP contribution in [0.3, 0.4) is 0 Å². The molecule has 1 rings (SSSR count). The van der Waals surface area contributed by atoms with Gasteiger partial charge in [0.2, 0.25) is 0 Å². The van der Waals surface area contributed by atoms with Crippen molar-refractivity contribution in [2.24, 2.45) is 0 Å². The van der Waals surface area contributed by atoms with E-state index in [0.717, 1.165) is 13.2 Å². The van der Waals surface area contributed by atoms with Crippen LogP contribution in [0.4, 0.5) is 0 Å². The van der Waals surface area contributed by atoms with Crippen molar-refractivity contribution in [3.8, 4) is 0 Å². The Morgan fingerprint density at radius 2 is 2.71 bits per heavy atom. The van der Waals surface area contributed by atoms with Gasteiger partial charge in [0, 0.05) is 0 Å². The SMILES string of the molecule is C[SiH2]OCC1CO1. The van der Waals surface area contributed by atoms with Crippen LogP contribution in [0.25, 0.3) is 0 Å². The zero-order valence-corrected chi connectivity index (χ0v) is 5.93. The maximum absolute atomic E-state index is 5.17. The Balaban J connectivity index is 1.80. The molecule has 0 saturated carbocycles. The topological polar surface area (TPSA) is 21.8 Å². The second-order valence-corrected chi connectivity index (χ2v) is 2.60. The van der Waals surface area contributed by atoms with Gasteiger partial charge in [-0.05, 0) is 0 Å². The summed E-state index contributed by atoms with van der Waals surface area (Å²) >= 11 is 0. The Morgan fingerprint density at radius 1 is 2.00 bits per heavy atom. The van der Waals surface area contributed by atoms with Gasteiger partial charge >= 0.3 is 0 Å². The average molecular weight is 118 g/mol. The molecule has 0 aromatic heterocycles. The molecule has 0 aromatic rings. The van der Waals surface area contributed by atoms with Gasteiger partial charge in [-0.15, -0.1) is 0 Å². The van der Waals surface area contributed by atoms with Gasteiger partial charge in [-0.3, -0.25) is 0 Å². The molecule has 0 aliphatic carbocycles. The van der Waals surface area contributed by atoms with Gasteiger partial charge in [0.15, 0.2) is 9.76 Å². The van der Waals surface area contributed by atoms with Crippen molar-refractivity contribution in [3.63, 3.8) is 0 Å². The summed E-state index contributed by atoms with van der Waals surface area (Å²) in [4.78, 5) is 0. The zero-order valence-electron chi connectivity index (χ0n) is 4.52. The van der Waals surface area contributed by atoms with Crippen molar-refractivity contribution in [1.82, 2.24) is 0 Å². The number of hydrogen-bond donors (Lipinski definition) is 0. The van der Waals surface area contributed by atoms with Crippen molar-refractivity contribution in [2.75, 3.05) is 13.2 Å². The molecule has 1 atom stereocenters. The van der Waals surface area contributed by atoms with E-state index >= 15 is 0 Å². The highest BCUT2D eigenvalue weighted by molar-refractivity contribution is 6.24. The van der Waals surface area contributed by atoms with Gasteiger partial charge in [0.25, 0.3) is 0 Å². The van der Waals surface area contributed by atoms with E-state index in [1.54, 1.807) is 0 Å². The molecule has 1 fully saturated rings. The Labute approximate surface area is 45.8 Å². The van der Waals surface area contributed by atoms with Crippen LogP contribution in [-0.4, -0.2) is 29.1 Å². The first-order chi connectivity index (χ1) is 3.43. The average Bonchev–Trinajstić information content (AvgIpc) is 2.42. The molecule has 1 heterocycles. The summed E-state index contributed by atoms with van der Waals surface area (Å²) in [7, 11) is -0.169. The highest BCUT2D eigenvalue weighted by Crippen LogP contribution is 2.07. The van der Waals surface area contributed by atoms with Crippen LogP contribution >= 0.6 is 0 Å². The summed E-state index contributed by atoms with van der Waals surface area (Å²) in [5, 5.41) is 0. The van der Waals surface area contributed by atoms with Crippen molar-refractivity contribution >= 4 is 9.76 Å². The highest BCUT2D eigenvalue weighted by Gasteiger charge is 2.21. The molecular weight excluding hydrogens is 108 g/mol. The van der Waals surface area contributed by atoms with Gasteiger partial charge in [0.1, 0.15) is 6.10 Å². The Bertz CT molecular complexity index is 53.7. The molecule has 1 aliphatic heterocycles. The molecule has 0 amide bonds. The van der Waals surface area contributed by atoms with Crippen molar-refractivity contribution in [1.29, 1.82) is 0 Å². The zero-order chi connectivity index (χ0) is 5.11. The minimum atomic E-state index is -0.169. The maximum Gasteiger partial charge on any atom is 0.158 e. The Morgan fingerprint density at radius 3 is 3.14 bits per heavy atom. The molecule has 0 radical (unpaired) electrons. The van der Waals surface area contributed by atoms with Gasteiger partial charge in [0.05, 0.1) is 13.2 Å². The summed E-state index contributed by atoms with van der Waals surface area (Å²) < 4.78 is 10.1. The van der Waals surface area contributed by atoms with E-state index < -0.39 is 0 Å². The summed E-state index contributed by atoms with van der Waals surface area (Å²) in [6, 6.07) is 0. The van der Waals surface area contributed by atoms with E-state index in [1.807, 2.05) is 0 Å². The molecule has 0 aromatic carbocycles. The van der Waals surface area contributed by atoms with E-state index in [-0.39, 0.29) is 9.76 Å². The molecule has 7 heavy (non-hydrogen) atoms. The molecule has 3 heteroatoms. The molecule has 0 spiro atoms. The monoisotopic (exact) mass is 118 g/mol. The van der Waals surface area contributed by atoms with E-state index in [9.17, 15) is 0 Å². The minimum absolute atomic E-state index is 0.169. The van der Waals surface area contributed by atoms with E-state index in [0.29, 0.717) is 6.10 Å². The van der Waals surface area contributed by atoms with Gasteiger partial charge < -0.3 is 9.16 Å². The molecule has 2 nitrogen and oxygen atoms in total. The second-order valence-electron chi connectivity index (χ2n) is 1.61. The van der Waals surface area contributed by atoms with E-state index in [1.165, 1.54) is 0 Å². The maximum atomic E-state index is 5.17. The molecule has 1 unspecified atom stereocenters. The predicted octanol–water partition coefficient (Wildman–Crippen LogP) is -0.466. The van der Waals surface area contributed by atoms with Gasteiger partial charge in [-0.1, -0.05) is 6.55 Å². The highest BCUT2D eigenvalue weighted by atomic mass is 28.2. The quantitative estimate of drug-likeness (QED) is 0.369. The lowest BCUT2D eigenvalue weighted by molar-refractivity contribution is 0.275.